The molecular weight excluding hydrogens is 238 g/mol. The van der Waals surface area contributed by atoms with Crippen LogP contribution in [0, 0.1) is 0 Å². The minimum atomic E-state index is -0.277. The largest absolute Gasteiger partial charge is 0.369 e. The van der Waals surface area contributed by atoms with Crippen LogP contribution < -0.4 is 11.0 Å². The molecule has 0 aliphatic rings. The molecule has 17 heavy (non-hydrogen) atoms. The van der Waals surface area contributed by atoms with Gasteiger partial charge < -0.3 is 5.32 Å². The molecule has 0 fully saturated rings. The normalized spacial score (nSPS) is 10.6. The van der Waals surface area contributed by atoms with E-state index in [4.69, 9.17) is 0 Å². The highest BCUT2D eigenvalue weighted by atomic mass is 32.2. The highest BCUT2D eigenvalue weighted by molar-refractivity contribution is 7.99. The molecule has 0 aromatic carbocycles. The zero-order valence-corrected chi connectivity index (χ0v) is 10.0. The molecular formula is C10H13N5OS. The van der Waals surface area contributed by atoms with Gasteiger partial charge in [-0.05, 0) is 0 Å². The van der Waals surface area contributed by atoms with Crippen molar-refractivity contribution in [2.45, 2.75) is 0 Å². The summed E-state index contributed by atoms with van der Waals surface area (Å²) in [5.41, 5.74) is 0.284. The summed E-state index contributed by atoms with van der Waals surface area (Å²) in [6.45, 7) is 4.47. The van der Waals surface area contributed by atoms with Crippen LogP contribution in [0.2, 0.25) is 0 Å². The van der Waals surface area contributed by atoms with Crippen molar-refractivity contribution in [3.05, 3.63) is 35.5 Å². The second kappa shape index (κ2) is 5.53. The number of hydrogen-bond acceptors (Lipinski definition) is 5. The highest BCUT2D eigenvalue weighted by Crippen LogP contribution is 2.05. The molecule has 2 heterocycles. The van der Waals surface area contributed by atoms with Crippen molar-refractivity contribution in [2.75, 3.05) is 23.4 Å². The topological polar surface area (TPSA) is 75.1 Å². The molecule has 0 saturated carbocycles. The summed E-state index contributed by atoms with van der Waals surface area (Å²) in [6, 6.07) is 1.73. The third kappa shape index (κ3) is 2.88. The molecule has 0 atom stereocenters. The Bertz CT molecular complexity index is 561. The number of H-pyrrole nitrogens is 1. The van der Waals surface area contributed by atoms with Crippen molar-refractivity contribution in [3.8, 4) is 0 Å². The standard InChI is InChI=1S/C10H13N5OS/c1-2-4-17-5-3-11-8-6-9-13-14-10(16)15(9)7-12-8/h2,6-7,11H,1,3-5H2,(H,14,16). The van der Waals surface area contributed by atoms with Gasteiger partial charge in [-0.15, -0.1) is 6.58 Å². The van der Waals surface area contributed by atoms with Gasteiger partial charge in [0.25, 0.3) is 0 Å². The molecule has 2 rings (SSSR count). The second-order valence-electron chi connectivity index (χ2n) is 3.32. The lowest BCUT2D eigenvalue weighted by Gasteiger charge is -2.04. The Morgan fingerprint density at radius 3 is 3.35 bits per heavy atom. The van der Waals surface area contributed by atoms with Crippen molar-refractivity contribution in [1.82, 2.24) is 19.6 Å². The number of fused-ring (bicyclic) bond motifs is 1. The summed E-state index contributed by atoms with van der Waals surface area (Å²) < 4.78 is 1.36. The number of rotatable bonds is 6. The number of hydrogen-bond donors (Lipinski definition) is 2. The van der Waals surface area contributed by atoms with E-state index in [2.05, 4.69) is 27.1 Å². The molecule has 2 aromatic heterocycles. The summed E-state index contributed by atoms with van der Waals surface area (Å²) in [7, 11) is 0. The van der Waals surface area contributed by atoms with E-state index in [0.29, 0.717) is 5.65 Å². The van der Waals surface area contributed by atoms with Crippen molar-refractivity contribution in [1.29, 1.82) is 0 Å². The van der Waals surface area contributed by atoms with E-state index in [0.717, 1.165) is 23.9 Å². The van der Waals surface area contributed by atoms with Gasteiger partial charge in [-0.2, -0.15) is 16.9 Å². The Morgan fingerprint density at radius 2 is 2.53 bits per heavy atom. The number of thioether (sulfide) groups is 1. The Balaban J connectivity index is 1.95. The first-order valence-electron chi connectivity index (χ1n) is 5.16. The smallest absolute Gasteiger partial charge is 0.348 e. The number of nitrogens with one attached hydrogen (secondary N) is 2. The minimum Gasteiger partial charge on any atom is -0.369 e. The predicted octanol–water partition coefficient (Wildman–Crippen LogP) is 0.749. The molecule has 0 bridgehead atoms. The van der Waals surface area contributed by atoms with Crippen LogP contribution in [-0.2, 0) is 0 Å². The van der Waals surface area contributed by atoms with Gasteiger partial charge in [-0.25, -0.2) is 19.3 Å². The Labute approximate surface area is 102 Å². The third-order valence-corrected chi connectivity index (χ3v) is 3.06. The molecule has 6 nitrogen and oxygen atoms in total. The fourth-order valence-electron chi connectivity index (χ4n) is 1.32. The Morgan fingerprint density at radius 1 is 1.65 bits per heavy atom. The van der Waals surface area contributed by atoms with E-state index < -0.39 is 0 Å². The van der Waals surface area contributed by atoms with Gasteiger partial charge in [-0.3, -0.25) is 0 Å². The first-order chi connectivity index (χ1) is 8.31. The quantitative estimate of drug-likeness (QED) is 0.585. The summed E-state index contributed by atoms with van der Waals surface area (Å²) in [4.78, 5) is 15.3. The summed E-state index contributed by atoms with van der Waals surface area (Å²) in [5, 5.41) is 9.40. The number of aromatic amines is 1. The maximum absolute atomic E-state index is 11.2. The fourth-order valence-corrected chi connectivity index (χ4v) is 1.90. The molecule has 0 aliphatic heterocycles. The van der Waals surface area contributed by atoms with Gasteiger partial charge in [0.05, 0.1) is 0 Å². The summed E-state index contributed by atoms with van der Waals surface area (Å²) in [6.07, 6.45) is 3.34. The SMILES string of the molecule is C=CCSCCNc1cc2n[nH]c(=O)n2cn1. The van der Waals surface area contributed by atoms with Crippen LogP contribution in [-0.4, -0.2) is 37.6 Å². The average Bonchev–Trinajstić information content (AvgIpc) is 2.71. The number of anilines is 1. The van der Waals surface area contributed by atoms with Crippen LogP contribution in [0.5, 0.6) is 0 Å². The van der Waals surface area contributed by atoms with Gasteiger partial charge in [0.2, 0.25) is 0 Å². The summed E-state index contributed by atoms with van der Waals surface area (Å²) >= 11 is 1.79. The van der Waals surface area contributed by atoms with Crippen LogP contribution in [0.4, 0.5) is 5.82 Å². The van der Waals surface area contributed by atoms with Gasteiger partial charge >= 0.3 is 5.69 Å². The van der Waals surface area contributed by atoms with Gasteiger partial charge in [0, 0.05) is 24.1 Å². The van der Waals surface area contributed by atoms with E-state index in [1.807, 2.05) is 6.08 Å². The van der Waals surface area contributed by atoms with Gasteiger partial charge in [0.15, 0.2) is 5.65 Å². The maximum Gasteiger partial charge on any atom is 0.348 e. The van der Waals surface area contributed by atoms with Crippen LogP contribution in [0.3, 0.4) is 0 Å². The molecule has 0 spiro atoms. The third-order valence-electron chi connectivity index (χ3n) is 2.10. The molecule has 90 valence electrons. The molecule has 0 amide bonds. The molecule has 2 N–H and O–H groups in total. The number of aromatic nitrogens is 4. The fraction of sp³-hybridized carbons (Fsp3) is 0.300. The van der Waals surface area contributed by atoms with E-state index >= 15 is 0 Å². The number of nitrogens with zero attached hydrogens (tertiary/aromatic N) is 3. The lowest BCUT2D eigenvalue weighted by molar-refractivity contribution is 0.994. The first kappa shape index (κ1) is 11.7. The van der Waals surface area contributed by atoms with E-state index in [9.17, 15) is 4.79 Å². The van der Waals surface area contributed by atoms with E-state index in [-0.39, 0.29) is 5.69 Å². The monoisotopic (exact) mass is 251 g/mol. The Kier molecular flexibility index (Phi) is 3.81. The lowest BCUT2D eigenvalue weighted by Crippen LogP contribution is -2.11. The van der Waals surface area contributed by atoms with E-state index in [1.165, 1.54) is 10.7 Å². The van der Waals surface area contributed by atoms with Crippen molar-refractivity contribution in [3.63, 3.8) is 0 Å². The van der Waals surface area contributed by atoms with Crippen LogP contribution in [0.25, 0.3) is 5.65 Å². The minimum absolute atomic E-state index is 0.277. The van der Waals surface area contributed by atoms with Crippen LogP contribution in [0.1, 0.15) is 0 Å². The zero-order chi connectivity index (χ0) is 12.1. The van der Waals surface area contributed by atoms with Gasteiger partial charge in [0.1, 0.15) is 12.1 Å². The zero-order valence-electron chi connectivity index (χ0n) is 9.22. The molecule has 0 saturated heterocycles. The maximum atomic E-state index is 11.2. The first-order valence-corrected chi connectivity index (χ1v) is 6.32. The van der Waals surface area contributed by atoms with Crippen molar-refractivity contribution in [2.24, 2.45) is 0 Å². The van der Waals surface area contributed by atoms with Crippen molar-refractivity contribution < 1.29 is 0 Å². The highest BCUT2D eigenvalue weighted by Gasteiger charge is 2.01. The second-order valence-corrected chi connectivity index (χ2v) is 4.47. The Hall–Kier alpha value is -1.76. The molecule has 0 radical (unpaired) electrons. The summed E-state index contributed by atoms with van der Waals surface area (Å²) in [5.74, 6) is 2.64. The predicted molar refractivity (Wildman–Crippen MR) is 69.6 cm³/mol. The van der Waals surface area contributed by atoms with Crippen molar-refractivity contribution >= 4 is 23.2 Å². The molecule has 0 aliphatic carbocycles. The molecule has 0 unspecified atom stereocenters. The molecule has 2 aromatic rings. The van der Waals surface area contributed by atoms with Gasteiger partial charge in [-0.1, -0.05) is 6.08 Å². The lowest BCUT2D eigenvalue weighted by atomic mass is 10.5. The van der Waals surface area contributed by atoms with Crippen LogP contribution in [0.15, 0.2) is 29.8 Å². The van der Waals surface area contributed by atoms with Crippen LogP contribution >= 0.6 is 11.8 Å². The average molecular weight is 251 g/mol. The molecule has 7 heteroatoms. The van der Waals surface area contributed by atoms with E-state index in [1.54, 1.807) is 17.8 Å².